The summed E-state index contributed by atoms with van der Waals surface area (Å²) in [5, 5.41) is 2.23. The van der Waals surface area contributed by atoms with E-state index in [2.05, 4.69) is 15.0 Å². The predicted octanol–water partition coefficient (Wildman–Crippen LogP) is 6.39. The number of nitrogens with one attached hydrogen (secondary N) is 1. The van der Waals surface area contributed by atoms with Crippen LogP contribution in [0.15, 0.2) is 48.7 Å². The molecule has 0 aliphatic heterocycles. The minimum atomic E-state index is -5.04. The molecule has 196 valence electrons. The van der Waals surface area contributed by atoms with Crippen LogP contribution in [0.1, 0.15) is 33.3 Å². The largest absolute Gasteiger partial charge is 0.573 e. The second-order valence-corrected chi connectivity index (χ2v) is 7.23. The number of carbonyl (C=O) groups excluding carboxylic acids is 2. The average Bonchev–Trinajstić information content (AvgIpc) is 2.78. The number of amides is 1. The van der Waals surface area contributed by atoms with E-state index in [-0.39, 0.29) is 17.4 Å². The zero-order valence-electron chi connectivity index (χ0n) is 18.8. The molecule has 1 aromatic heterocycles. The van der Waals surface area contributed by atoms with Crippen LogP contribution in [-0.2, 0) is 6.18 Å². The van der Waals surface area contributed by atoms with Gasteiger partial charge in [0.1, 0.15) is 28.6 Å². The number of hydrogen-bond donors (Lipinski definition) is 1. The first-order valence-electron chi connectivity index (χ1n) is 9.98. The quantitative estimate of drug-likeness (QED) is 0.280. The second-order valence-electron chi connectivity index (χ2n) is 7.23. The Kier molecular flexibility index (Phi) is 7.60. The number of methoxy groups -OCH3 is 1. The molecule has 7 nitrogen and oxygen atoms in total. The van der Waals surface area contributed by atoms with Crippen molar-refractivity contribution in [3.05, 3.63) is 71.3 Å². The minimum Gasteiger partial charge on any atom is -0.493 e. The molecular weight excluding hydrogens is 517 g/mol. The van der Waals surface area contributed by atoms with E-state index in [1.807, 2.05) is 0 Å². The molecule has 0 bridgehead atoms. The van der Waals surface area contributed by atoms with Gasteiger partial charge in [0.15, 0.2) is 17.3 Å². The summed E-state index contributed by atoms with van der Waals surface area (Å²) in [6.45, 7) is 1.20. The lowest BCUT2D eigenvalue weighted by Gasteiger charge is -2.17. The van der Waals surface area contributed by atoms with E-state index in [1.165, 1.54) is 19.2 Å². The number of rotatable bonds is 7. The Morgan fingerprint density at radius 1 is 0.919 bits per heavy atom. The summed E-state index contributed by atoms with van der Waals surface area (Å²) in [4.78, 5) is 28.1. The number of halogens is 7. The van der Waals surface area contributed by atoms with Gasteiger partial charge in [0.25, 0.3) is 5.91 Å². The first-order valence-corrected chi connectivity index (χ1v) is 9.98. The van der Waals surface area contributed by atoms with Gasteiger partial charge >= 0.3 is 12.5 Å². The molecule has 0 atom stereocenters. The van der Waals surface area contributed by atoms with E-state index in [4.69, 9.17) is 9.47 Å². The summed E-state index contributed by atoms with van der Waals surface area (Å²) < 4.78 is 106. The summed E-state index contributed by atoms with van der Waals surface area (Å²) in [6, 6.07) is 5.18. The molecule has 3 rings (SSSR count). The van der Waals surface area contributed by atoms with Crippen LogP contribution in [0.3, 0.4) is 0 Å². The maximum absolute atomic E-state index is 14.9. The Hall–Kier alpha value is -4.36. The van der Waals surface area contributed by atoms with Crippen molar-refractivity contribution in [3.63, 3.8) is 0 Å². The standard InChI is InChI=1S/C23H15F7N2O5/c1-11(33)16-9-13(5-6-31-16)32-21(34)20-15(24)7-12(22(25,26)27)8-19(20)36-17-4-3-14(10-18(17)35-2)37-23(28,29)30/h3-10H,1-2H3,(H,31,32,34). The maximum atomic E-state index is 14.9. The van der Waals surface area contributed by atoms with Crippen LogP contribution < -0.4 is 19.5 Å². The Labute approximate surface area is 203 Å². The highest BCUT2D eigenvalue weighted by molar-refractivity contribution is 6.07. The van der Waals surface area contributed by atoms with Crippen LogP contribution in [0, 0.1) is 5.82 Å². The number of hydrogen-bond acceptors (Lipinski definition) is 6. The Morgan fingerprint density at radius 2 is 1.62 bits per heavy atom. The van der Waals surface area contributed by atoms with E-state index in [0.29, 0.717) is 6.07 Å². The van der Waals surface area contributed by atoms with Crippen molar-refractivity contribution in [3.8, 4) is 23.0 Å². The number of aromatic nitrogens is 1. The fourth-order valence-corrected chi connectivity index (χ4v) is 2.99. The zero-order chi connectivity index (χ0) is 27.5. The third kappa shape index (κ3) is 6.86. The molecule has 0 aliphatic carbocycles. The van der Waals surface area contributed by atoms with E-state index >= 15 is 0 Å². The lowest BCUT2D eigenvalue weighted by atomic mass is 10.1. The van der Waals surface area contributed by atoms with Gasteiger partial charge in [0.05, 0.1) is 12.7 Å². The SMILES string of the molecule is COc1cc(OC(F)(F)F)ccc1Oc1cc(C(F)(F)F)cc(F)c1C(=O)Nc1ccnc(C(C)=O)c1. The number of ether oxygens (including phenoxy) is 3. The minimum absolute atomic E-state index is 0.0262. The molecule has 0 fully saturated rings. The monoisotopic (exact) mass is 532 g/mol. The molecule has 37 heavy (non-hydrogen) atoms. The first kappa shape index (κ1) is 27.2. The van der Waals surface area contributed by atoms with Crippen LogP contribution in [-0.4, -0.2) is 30.1 Å². The van der Waals surface area contributed by atoms with Crippen LogP contribution in [0.25, 0.3) is 0 Å². The van der Waals surface area contributed by atoms with Gasteiger partial charge in [-0.25, -0.2) is 4.39 Å². The van der Waals surface area contributed by atoms with Crippen molar-refractivity contribution in [2.45, 2.75) is 19.5 Å². The van der Waals surface area contributed by atoms with Gasteiger partial charge in [-0.2, -0.15) is 13.2 Å². The normalized spacial score (nSPS) is 11.6. The molecule has 2 aromatic carbocycles. The number of pyridine rings is 1. The molecule has 0 saturated heterocycles. The van der Waals surface area contributed by atoms with Gasteiger partial charge in [0.2, 0.25) is 0 Å². The zero-order valence-corrected chi connectivity index (χ0v) is 18.8. The highest BCUT2D eigenvalue weighted by atomic mass is 19.4. The number of alkyl halides is 6. The maximum Gasteiger partial charge on any atom is 0.573 e. The number of Topliss-reactive ketones (excluding diaryl/α,β-unsaturated/α-hetero) is 1. The van der Waals surface area contributed by atoms with Crippen molar-refractivity contribution in [1.29, 1.82) is 0 Å². The number of benzene rings is 2. The van der Waals surface area contributed by atoms with Crippen molar-refractivity contribution < 1.29 is 54.5 Å². The summed E-state index contributed by atoms with van der Waals surface area (Å²) in [7, 11) is 1.02. The lowest BCUT2D eigenvalue weighted by molar-refractivity contribution is -0.274. The fraction of sp³-hybridized carbons (Fsp3) is 0.174. The Bertz CT molecular complexity index is 1340. The third-order valence-electron chi connectivity index (χ3n) is 4.58. The fourth-order valence-electron chi connectivity index (χ4n) is 2.99. The Balaban J connectivity index is 2.05. The molecule has 0 saturated carbocycles. The summed E-state index contributed by atoms with van der Waals surface area (Å²) in [6.07, 6.45) is -8.91. The molecule has 0 spiro atoms. The van der Waals surface area contributed by atoms with Crippen molar-refractivity contribution in [2.24, 2.45) is 0 Å². The van der Waals surface area contributed by atoms with Crippen LogP contribution in [0.5, 0.6) is 23.0 Å². The summed E-state index contributed by atoms with van der Waals surface area (Å²) >= 11 is 0. The average molecular weight is 532 g/mol. The van der Waals surface area contributed by atoms with E-state index in [1.54, 1.807) is 0 Å². The molecule has 3 aromatic rings. The predicted molar refractivity (Wildman–Crippen MR) is 113 cm³/mol. The highest BCUT2D eigenvalue weighted by Crippen LogP contribution is 2.40. The van der Waals surface area contributed by atoms with E-state index < -0.39 is 64.2 Å². The molecule has 1 heterocycles. The van der Waals surface area contributed by atoms with Crippen LogP contribution >= 0.6 is 0 Å². The molecule has 0 aliphatic rings. The number of nitrogens with zero attached hydrogens (tertiary/aromatic N) is 1. The molecule has 1 amide bonds. The van der Waals surface area contributed by atoms with Gasteiger partial charge in [-0.3, -0.25) is 14.6 Å². The van der Waals surface area contributed by atoms with Gasteiger partial charge in [0, 0.05) is 24.9 Å². The number of carbonyl (C=O) groups is 2. The van der Waals surface area contributed by atoms with Gasteiger partial charge < -0.3 is 19.5 Å². The highest BCUT2D eigenvalue weighted by Gasteiger charge is 2.35. The molecule has 0 radical (unpaired) electrons. The summed E-state index contributed by atoms with van der Waals surface area (Å²) in [5.74, 6) is -5.85. The van der Waals surface area contributed by atoms with Crippen LogP contribution in [0.4, 0.5) is 36.4 Å². The van der Waals surface area contributed by atoms with Gasteiger partial charge in [-0.15, -0.1) is 13.2 Å². The molecule has 14 heteroatoms. The number of anilines is 1. The van der Waals surface area contributed by atoms with Gasteiger partial charge in [-0.05, 0) is 36.4 Å². The van der Waals surface area contributed by atoms with Gasteiger partial charge in [-0.1, -0.05) is 0 Å². The first-order chi connectivity index (χ1) is 17.2. The lowest BCUT2D eigenvalue weighted by Crippen LogP contribution is -2.17. The van der Waals surface area contributed by atoms with E-state index in [9.17, 15) is 40.3 Å². The number of ketones is 1. The second kappa shape index (κ2) is 10.3. The smallest absolute Gasteiger partial charge is 0.493 e. The third-order valence-corrected chi connectivity index (χ3v) is 4.58. The Morgan fingerprint density at radius 3 is 2.22 bits per heavy atom. The van der Waals surface area contributed by atoms with Crippen molar-refractivity contribution in [1.82, 2.24) is 4.98 Å². The molecule has 0 unspecified atom stereocenters. The van der Waals surface area contributed by atoms with Crippen molar-refractivity contribution in [2.75, 3.05) is 12.4 Å². The molecule has 1 N–H and O–H groups in total. The molecular formula is C23H15F7N2O5. The van der Waals surface area contributed by atoms with Crippen LogP contribution in [0.2, 0.25) is 0 Å². The topological polar surface area (TPSA) is 86.8 Å². The summed E-state index contributed by atoms with van der Waals surface area (Å²) in [5.41, 5.74) is -2.54. The van der Waals surface area contributed by atoms with E-state index in [0.717, 1.165) is 31.4 Å². The van der Waals surface area contributed by atoms with Crippen molar-refractivity contribution >= 4 is 17.4 Å².